The number of tetrazole rings is 1. The Morgan fingerprint density at radius 2 is 2.04 bits per heavy atom. The van der Waals surface area contributed by atoms with Crippen molar-refractivity contribution in [2.45, 2.75) is 31.8 Å². The molecule has 2 aromatic rings. The maximum atomic E-state index is 12.0. The number of amides is 1. The van der Waals surface area contributed by atoms with Crippen LogP contribution in [0.2, 0.25) is 5.02 Å². The Bertz CT molecular complexity index is 644. The van der Waals surface area contributed by atoms with E-state index in [1.807, 2.05) is 36.9 Å². The van der Waals surface area contributed by atoms with Crippen LogP contribution in [0.5, 0.6) is 0 Å². The summed E-state index contributed by atoms with van der Waals surface area (Å²) in [6.45, 7) is 5.50. The van der Waals surface area contributed by atoms with Crippen molar-refractivity contribution in [1.29, 1.82) is 0 Å². The van der Waals surface area contributed by atoms with Crippen LogP contribution in [0.4, 0.5) is 0 Å². The van der Waals surface area contributed by atoms with Crippen molar-refractivity contribution in [3.05, 3.63) is 29.3 Å². The maximum Gasteiger partial charge on any atom is 0.222 e. The van der Waals surface area contributed by atoms with Gasteiger partial charge in [-0.15, -0.1) is 5.10 Å². The molecule has 23 heavy (non-hydrogen) atoms. The fourth-order valence-corrected chi connectivity index (χ4v) is 3.20. The molecule has 0 N–H and O–H groups in total. The molecule has 0 bridgehead atoms. The van der Waals surface area contributed by atoms with Gasteiger partial charge in [0.15, 0.2) is 0 Å². The van der Waals surface area contributed by atoms with E-state index in [1.54, 1.807) is 10.7 Å². The average Bonchev–Trinajstić information content (AvgIpc) is 3.01. The van der Waals surface area contributed by atoms with Gasteiger partial charge in [-0.3, -0.25) is 4.79 Å². The van der Waals surface area contributed by atoms with Crippen molar-refractivity contribution in [3.63, 3.8) is 0 Å². The highest BCUT2D eigenvalue weighted by Gasteiger charge is 2.13. The maximum absolute atomic E-state index is 12.0. The number of hydrogen-bond acceptors (Lipinski definition) is 5. The molecule has 0 aliphatic rings. The second-order valence-corrected chi connectivity index (χ2v) is 6.31. The zero-order chi connectivity index (χ0) is 16.7. The Hall–Kier alpha value is -1.60. The molecule has 0 unspecified atom stereocenters. The summed E-state index contributed by atoms with van der Waals surface area (Å²) in [7, 11) is 0. The number of thioether (sulfide) groups is 1. The molecule has 0 saturated carbocycles. The van der Waals surface area contributed by atoms with Gasteiger partial charge in [-0.2, -0.15) is 4.68 Å². The molecule has 0 aliphatic carbocycles. The number of halogens is 1. The van der Waals surface area contributed by atoms with Gasteiger partial charge in [0.2, 0.25) is 11.1 Å². The molecule has 6 nitrogen and oxygen atoms in total. The van der Waals surface area contributed by atoms with Gasteiger partial charge in [-0.05, 0) is 42.8 Å². The van der Waals surface area contributed by atoms with Crippen molar-refractivity contribution in [1.82, 2.24) is 25.1 Å². The van der Waals surface area contributed by atoms with E-state index in [1.165, 1.54) is 11.8 Å². The van der Waals surface area contributed by atoms with Gasteiger partial charge in [0.25, 0.3) is 0 Å². The third kappa shape index (κ3) is 4.68. The monoisotopic (exact) mass is 353 g/mol. The van der Waals surface area contributed by atoms with Gasteiger partial charge in [0.05, 0.1) is 10.7 Å². The van der Waals surface area contributed by atoms with Gasteiger partial charge in [-0.25, -0.2) is 0 Å². The Morgan fingerprint density at radius 1 is 1.30 bits per heavy atom. The molecule has 0 saturated heterocycles. The number of rotatable bonds is 8. The van der Waals surface area contributed by atoms with Crippen LogP contribution in [0.25, 0.3) is 5.69 Å². The molecule has 1 amide bonds. The highest BCUT2D eigenvalue weighted by Crippen LogP contribution is 2.24. The van der Waals surface area contributed by atoms with Gasteiger partial charge >= 0.3 is 0 Å². The quantitative estimate of drug-likeness (QED) is 0.539. The van der Waals surface area contributed by atoms with Crippen LogP contribution < -0.4 is 0 Å². The average molecular weight is 354 g/mol. The Balaban J connectivity index is 1.90. The first-order chi connectivity index (χ1) is 11.2. The lowest BCUT2D eigenvalue weighted by Crippen LogP contribution is -2.30. The van der Waals surface area contributed by atoms with E-state index >= 15 is 0 Å². The highest BCUT2D eigenvalue weighted by atomic mass is 35.5. The Morgan fingerprint density at radius 3 is 2.74 bits per heavy atom. The summed E-state index contributed by atoms with van der Waals surface area (Å²) < 4.78 is 1.62. The van der Waals surface area contributed by atoms with Crippen LogP contribution in [-0.4, -0.2) is 49.9 Å². The first-order valence-electron chi connectivity index (χ1n) is 7.61. The summed E-state index contributed by atoms with van der Waals surface area (Å²) in [6, 6.07) is 7.42. The van der Waals surface area contributed by atoms with Gasteiger partial charge in [0, 0.05) is 25.3 Å². The van der Waals surface area contributed by atoms with Crippen LogP contribution in [0.3, 0.4) is 0 Å². The molecule has 0 fully saturated rings. The van der Waals surface area contributed by atoms with Gasteiger partial charge in [-0.1, -0.05) is 35.5 Å². The van der Waals surface area contributed by atoms with E-state index in [4.69, 9.17) is 11.6 Å². The molecular formula is C15H20ClN5OS. The van der Waals surface area contributed by atoms with E-state index in [2.05, 4.69) is 15.5 Å². The molecule has 1 aromatic carbocycles. The lowest BCUT2D eigenvalue weighted by Gasteiger charge is -2.18. The largest absolute Gasteiger partial charge is 0.343 e. The minimum atomic E-state index is 0.196. The fraction of sp³-hybridized carbons (Fsp3) is 0.467. The van der Waals surface area contributed by atoms with Gasteiger partial charge < -0.3 is 4.90 Å². The van der Waals surface area contributed by atoms with Crippen molar-refractivity contribution >= 4 is 29.3 Å². The smallest absolute Gasteiger partial charge is 0.222 e. The zero-order valence-corrected chi connectivity index (χ0v) is 14.8. The number of aromatic nitrogens is 4. The predicted molar refractivity (Wildman–Crippen MR) is 92.1 cm³/mol. The SMILES string of the molecule is CCN(CC)C(=O)CCCSc1nnnn1-c1ccccc1Cl. The Kier molecular flexibility index (Phi) is 6.85. The molecule has 0 aliphatic heterocycles. The van der Waals surface area contributed by atoms with E-state index in [0.29, 0.717) is 16.6 Å². The van der Waals surface area contributed by atoms with Crippen LogP contribution >= 0.6 is 23.4 Å². The first kappa shape index (κ1) is 17.7. The van der Waals surface area contributed by atoms with Crippen molar-refractivity contribution in [2.24, 2.45) is 0 Å². The number of carbonyl (C=O) groups excluding carboxylic acids is 1. The minimum Gasteiger partial charge on any atom is -0.343 e. The second-order valence-electron chi connectivity index (χ2n) is 4.84. The molecule has 124 valence electrons. The number of carbonyl (C=O) groups is 1. The fourth-order valence-electron chi connectivity index (χ4n) is 2.16. The predicted octanol–water partition coefficient (Wildman–Crippen LogP) is 3.06. The van der Waals surface area contributed by atoms with Crippen molar-refractivity contribution < 1.29 is 4.79 Å². The van der Waals surface area contributed by atoms with E-state index < -0.39 is 0 Å². The zero-order valence-electron chi connectivity index (χ0n) is 13.3. The van der Waals surface area contributed by atoms with E-state index in [9.17, 15) is 4.79 Å². The third-order valence-corrected chi connectivity index (χ3v) is 4.73. The van der Waals surface area contributed by atoms with Gasteiger partial charge in [0.1, 0.15) is 0 Å². The Labute approximate surface area is 145 Å². The lowest BCUT2D eigenvalue weighted by atomic mass is 10.3. The second kappa shape index (κ2) is 8.88. The van der Waals surface area contributed by atoms with Crippen molar-refractivity contribution in [2.75, 3.05) is 18.8 Å². The summed E-state index contributed by atoms with van der Waals surface area (Å²) in [6.07, 6.45) is 1.33. The summed E-state index contributed by atoms with van der Waals surface area (Å²) in [5.74, 6) is 0.971. The summed E-state index contributed by atoms with van der Waals surface area (Å²) in [5, 5.41) is 13.0. The molecule has 2 rings (SSSR count). The van der Waals surface area contributed by atoms with Crippen LogP contribution in [0, 0.1) is 0 Å². The number of para-hydroxylation sites is 1. The molecule has 0 radical (unpaired) electrons. The van der Waals surface area contributed by atoms with E-state index in [-0.39, 0.29) is 5.91 Å². The van der Waals surface area contributed by atoms with Crippen molar-refractivity contribution in [3.8, 4) is 5.69 Å². The third-order valence-electron chi connectivity index (χ3n) is 3.40. The normalized spacial score (nSPS) is 10.7. The number of hydrogen-bond donors (Lipinski definition) is 0. The minimum absolute atomic E-state index is 0.196. The topological polar surface area (TPSA) is 63.9 Å². The summed E-state index contributed by atoms with van der Waals surface area (Å²) >= 11 is 7.71. The van der Waals surface area contributed by atoms with E-state index in [0.717, 1.165) is 31.0 Å². The number of benzene rings is 1. The molecule has 0 atom stereocenters. The number of nitrogens with zero attached hydrogens (tertiary/aromatic N) is 5. The standard InChI is InChI=1S/C15H20ClN5OS/c1-3-20(4-2)14(22)10-7-11-23-15-17-18-19-21(15)13-9-6-5-8-12(13)16/h5-6,8-9H,3-4,7,10-11H2,1-2H3. The highest BCUT2D eigenvalue weighted by molar-refractivity contribution is 7.99. The molecule has 1 heterocycles. The summed E-state index contributed by atoms with van der Waals surface area (Å²) in [4.78, 5) is 13.8. The molecule has 8 heteroatoms. The molecule has 0 spiro atoms. The molecular weight excluding hydrogens is 334 g/mol. The molecule has 1 aromatic heterocycles. The first-order valence-corrected chi connectivity index (χ1v) is 8.97. The summed E-state index contributed by atoms with van der Waals surface area (Å²) in [5.41, 5.74) is 0.751. The van der Waals surface area contributed by atoms with Crippen LogP contribution in [-0.2, 0) is 4.79 Å². The lowest BCUT2D eigenvalue weighted by molar-refractivity contribution is -0.130. The van der Waals surface area contributed by atoms with Crippen LogP contribution in [0.15, 0.2) is 29.4 Å². The van der Waals surface area contributed by atoms with Crippen LogP contribution in [0.1, 0.15) is 26.7 Å².